The Kier molecular flexibility index (Phi) is 7.16. The summed E-state index contributed by atoms with van der Waals surface area (Å²) in [6, 6.07) is 4.52. The third kappa shape index (κ3) is 4.70. The number of ether oxygens (including phenoxy) is 1. The first-order valence-corrected chi connectivity index (χ1v) is 14.4. The van der Waals surface area contributed by atoms with Gasteiger partial charge in [-0.2, -0.15) is 0 Å². The van der Waals surface area contributed by atoms with Crippen LogP contribution in [0.4, 0.5) is 4.39 Å². The van der Waals surface area contributed by atoms with Crippen LogP contribution in [0.25, 0.3) is 33.1 Å². The van der Waals surface area contributed by atoms with Crippen LogP contribution in [0.5, 0.6) is 5.88 Å². The molecule has 0 aliphatic carbocycles. The van der Waals surface area contributed by atoms with E-state index in [-0.39, 0.29) is 41.0 Å². The van der Waals surface area contributed by atoms with Gasteiger partial charge in [-0.15, -0.1) is 0 Å². The van der Waals surface area contributed by atoms with Gasteiger partial charge in [-0.1, -0.05) is 20.3 Å². The van der Waals surface area contributed by atoms with E-state index in [4.69, 9.17) is 4.74 Å². The lowest BCUT2D eigenvalue weighted by Gasteiger charge is -2.26. The van der Waals surface area contributed by atoms with Crippen LogP contribution in [-0.4, -0.2) is 56.0 Å². The Hall–Kier alpha value is -3.59. The first kappa shape index (κ1) is 26.6. The molecule has 3 aromatic heterocycles. The Labute approximate surface area is 232 Å². The number of likely N-dealkylation sites (tertiary alicyclic amines) is 1. The number of nitrogens with zero attached hydrogens (tertiary/aromatic N) is 5. The third-order valence-electron chi connectivity index (χ3n) is 8.31. The number of pyridine rings is 2. The highest BCUT2D eigenvalue weighted by Gasteiger charge is 2.33. The standard InChI is InChI=1S/C31H36FN5O3/c1-19(2)14-21-15-25(38)29-27(20-8-9-26(34-17-20)40-13-7-12-36-10-5-4-6-11-36)22(32)16-23-28(29)30-24(18-33-23)35(3)31(39)37(21)30/h8-9,16-19,21H,4-7,10-15H2,1-3H3/t21-/m0/s1. The monoisotopic (exact) mass is 545 g/mol. The van der Waals surface area contributed by atoms with E-state index in [0.717, 1.165) is 26.1 Å². The highest BCUT2D eigenvalue weighted by Crippen LogP contribution is 2.41. The molecule has 0 radical (unpaired) electrons. The van der Waals surface area contributed by atoms with E-state index in [9.17, 15) is 9.59 Å². The second-order valence-corrected chi connectivity index (χ2v) is 11.6. The predicted molar refractivity (Wildman–Crippen MR) is 154 cm³/mol. The molecule has 2 aliphatic rings. The average Bonchev–Trinajstić information content (AvgIpc) is 3.12. The Morgan fingerprint density at radius 2 is 1.88 bits per heavy atom. The summed E-state index contributed by atoms with van der Waals surface area (Å²) >= 11 is 0. The number of imidazole rings is 1. The number of hydrogen-bond donors (Lipinski definition) is 0. The molecule has 0 N–H and O–H groups in total. The van der Waals surface area contributed by atoms with Gasteiger partial charge in [-0.25, -0.2) is 14.2 Å². The topological polar surface area (TPSA) is 82.2 Å². The number of ketones is 1. The SMILES string of the molecule is CC(C)C[C@H]1CC(=O)c2c(-c3ccc(OCCCN4CCCCC4)nc3)c(F)cc3ncc4c(c23)n1c(=O)n4C. The van der Waals surface area contributed by atoms with Crippen LogP contribution in [0, 0.1) is 11.7 Å². The Balaban J connectivity index is 1.37. The van der Waals surface area contributed by atoms with Crippen molar-refractivity contribution in [2.45, 2.75) is 58.4 Å². The molecule has 0 spiro atoms. The molecular formula is C31H36FN5O3. The summed E-state index contributed by atoms with van der Waals surface area (Å²) in [6.45, 7) is 8.03. The second-order valence-electron chi connectivity index (χ2n) is 11.6. The number of piperidine rings is 1. The average molecular weight is 546 g/mol. The van der Waals surface area contributed by atoms with Crippen LogP contribution < -0.4 is 10.4 Å². The molecular weight excluding hydrogens is 509 g/mol. The lowest BCUT2D eigenvalue weighted by Crippen LogP contribution is -2.31. The van der Waals surface area contributed by atoms with Crippen molar-refractivity contribution in [1.29, 1.82) is 0 Å². The molecule has 1 saturated heterocycles. The maximum absolute atomic E-state index is 15.8. The number of aromatic nitrogens is 4. The normalized spacial score (nSPS) is 17.8. The summed E-state index contributed by atoms with van der Waals surface area (Å²) in [5.41, 5.74) is 2.42. The second kappa shape index (κ2) is 10.8. The number of halogens is 1. The molecule has 40 heavy (non-hydrogen) atoms. The van der Waals surface area contributed by atoms with Gasteiger partial charge in [0.05, 0.1) is 29.4 Å². The summed E-state index contributed by atoms with van der Waals surface area (Å²) in [7, 11) is 1.71. The highest BCUT2D eigenvalue weighted by molar-refractivity contribution is 6.20. The summed E-state index contributed by atoms with van der Waals surface area (Å²) < 4.78 is 24.9. The minimum absolute atomic E-state index is 0.114. The molecule has 0 amide bonds. The Bertz CT molecular complexity index is 1630. The van der Waals surface area contributed by atoms with Crippen LogP contribution in [0.1, 0.15) is 68.8 Å². The number of rotatable bonds is 8. The van der Waals surface area contributed by atoms with Gasteiger partial charge in [-0.3, -0.25) is 18.9 Å². The van der Waals surface area contributed by atoms with Crippen molar-refractivity contribution < 1.29 is 13.9 Å². The summed E-state index contributed by atoms with van der Waals surface area (Å²) in [5.74, 6) is 0.0140. The molecule has 0 saturated carbocycles. The van der Waals surface area contributed by atoms with Crippen LogP contribution in [-0.2, 0) is 7.05 Å². The Morgan fingerprint density at radius 3 is 2.60 bits per heavy atom. The molecule has 8 nitrogen and oxygen atoms in total. The lowest BCUT2D eigenvalue weighted by molar-refractivity contribution is 0.0962. The molecule has 1 fully saturated rings. The molecule has 0 unspecified atom stereocenters. The van der Waals surface area contributed by atoms with Crippen molar-refractivity contribution in [2.75, 3.05) is 26.2 Å². The van der Waals surface area contributed by atoms with Crippen molar-refractivity contribution in [2.24, 2.45) is 13.0 Å². The van der Waals surface area contributed by atoms with E-state index in [1.54, 1.807) is 40.7 Å². The summed E-state index contributed by atoms with van der Waals surface area (Å²) in [6.07, 6.45) is 8.70. The van der Waals surface area contributed by atoms with Gasteiger partial charge in [0.2, 0.25) is 5.88 Å². The van der Waals surface area contributed by atoms with Crippen molar-refractivity contribution in [3.05, 3.63) is 52.5 Å². The minimum Gasteiger partial charge on any atom is -0.478 e. The fourth-order valence-electron chi connectivity index (χ4n) is 6.45. The smallest absolute Gasteiger partial charge is 0.329 e. The molecule has 5 heterocycles. The first-order chi connectivity index (χ1) is 19.3. The number of carbonyl (C=O) groups excluding carboxylic acids is 1. The van der Waals surface area contributed by atoms with Crippen LogP contribution in [0.15, 0.2) is 35.4 Å². The predicted octanol–water partition coefficient (Wildman–Crippen LogP) is 5.52. The fourth-order valence-corrected chi connectivity index (χ4v) is 6.45. The zero-order valence-corrected chi connectivity index (χ0v) is 23.5. The molecule has 4 aromatic rings. The van der Waals surface area contributed by atoms with Gasteiger partial charge < -0.3 is 9.64 Å². The molecule has 6 rings (SSSR count). The molecule has 1 aromatic carbocycles. The maximum atomic E-state index is 15.8. The number of Topliss-reactive ketones (excluding diaryl/α,β-unsaturated/α-hetero) is 1. The number of carbonyl (C=O) groups is 1. The van der Waals surface area contributed by atoms with Gasteiger partial charge in [0, 0.05) is 66.5 Å². The van der Waals surface area contributed by atoms with Gasteiger partial charge in [0.15, 0.2) is 5.78 Å². The van der Waals surface area contributed by atoms with Gasteiger partial charge >= 0.3 is 5.69 Å². The summed E-state index contributed by atoms with van der Waals surface area (Å²) in [4.78, 5) is 38.6. The van der Waals surface area contributed by atoms with E-state index >= 15 is 4.39 Å². The molecule has 2 aliphatic heterocycles. The van der Waals surface area contributed by atoms with Crippen molar-refractivity contribution in [1.82, 2.24) is 24.0 Å². The van der Waals surface area contributed by atoms with Crippen LogP contribution in [0.2, 0.25) is 0 Å². The van der Waals surface area contributed by atoms with E-state index < -0.39 is 5.82 Å². The quantitative estimate of drug-likeness (QED) is 0.271. The largest absolute Gasteiger partial charge is 0.478 e. The zero-order chi connectivity index (χ0) is 28.0. The number of hydrogen-bond acceptors (Lipinski definition) is 6. The van der Waals surface area contributed by atoms with Crippen LogP contribution in [0.3, 0.4) is 0 Å². The van der Waals surface area contributed by atoms with Crippen LogP contribution >= 0.6 is 0 Å². The van der Waals surface area contributed by atoms with Crippen molar-refractivity contribution in [3.8, 4) is 17.0 Å². The molecule has 0 bridgehead atoms. The fraction of sp³-hybridized carbons (Fsp3) is 0.484. The van der Waals surface area contributed by atoms with E-state index in [1.165, 1.54) is 25.3 Å². The minimum atomic E-state index is -0.535. The first-order valence-electron chi connectivity index (χ1n) is 14.4. The Morgan fingerprint density at radius 1 is 1.07 bits per heavy atom. The zero-order valence-electron chi connectivity index (χ0n) is 23.5. The van der Waals surface area contributed by atoms with Gasteiger partial charge in [0.25, 0.3) is 0 Å². The van der Waals surface area contributed by atoms with E-state index in [1.807, 2.05) is 0 Å². The molecule has 1 atom stereocenters. The molecule has 210 valence electrons. The maximum Gasteiger partial charge on any atom is 0.329 e. The molecule has 9 heteroatoms. The summed E-state index contributed by atoms with van der Waals surface area (Å²) in [5, 5.41) is 0.529. The number of benzene rings is 1. The van der Waals surface area contributed by atoms with E-state index in [2.05, 4.69) is 28.7 Å². The van der Waals surface area contributed by atoms with Gasteiger partial charge in [0.1, 0.15) is 5.82 Å². The van der Waals surface area contributed by atoms with Crippen molar-refractivity contribution in [3.63, 3.8) is 0 Å². The van der Waals surface area contributed by atoms with Crippen molar-refractivity contribution >= 4 is 27.7 Å². The third-order valence-corrected chi connectivity index (χ3v) is 8.31. The number of aryl methyl sites for hydroxylation is 1. The highest BCUT2D eigenvalue weighted by atomic mass is 19.1. The lowest BCUT2D eigenvalue weighted by atomic mass is 9.90. The van der Waals surface area contributed by atoms with E-state index in [0.29, 0.717) is 46.4 Å². The van der Waals surface area contributed by atoms with Gasteiger partial charge in [-0.05, 0) is 50.8 Å².